The van der Waals surface area contributed by atoms with Gasteiger partial charge < -0.3 is 10.1 Å². The van der Waals surface area contributed by atoms with Crippen LogP contribution in [0.15, 0.2) is 18.2 Å². The van der Waals surface area contributed by atoms with Crippen LogP contribution in [0.5, 0.6) is 5.75 Å². The van der Waals surface area contributed by atoms with E-state index in [1.165, 1.54) is 0 Å². The van der Waals surface area contributed by atoms with Crippen LogP contribution >= 0.6 is 11.6 Å². The SMILES string of the molecule is COc1ccc(CCNC(C)(C)C)c(Cl)c1. The Bertz CT molecular complexity index is 344. The van der Waals surface area contributed by atoms with Gasteiger partial charge in [-0.05, 0) is 51.4 Å². The molecule has 1 aromatic rings. The lowest BCUT2D eigenvalue weighted by Gasteiger charge is -2.20. The molecule has 0 saturated carbocycles. The summed E-state index contributed by atoms with van der Waals surface area (Å²) in [7, 11) is 1.65. The summed E-state index contributed by atoms with van der Waals surface area (Å²) < 4.78 is 5.11. The molecule has 1 N–H and O–H groups in total. The maximum atomic E-state index is 6.15. The smallest absolute Gasteiger partial charge is 0.120 e. The van der Waals surface area contributed by atoms with E-state index in [1.54, 1.807) is 7.11 Å². The van der Waals surface area contributed by atoms with Crippen molar-refractivity contribution in [2.75, 3.05) is 13.7 Å². The molecule has 0 fully saturated rings. The van der Waals surface area contributed by atoms with Gasteiger partial charge in [0, 0.05) is 10.6 Å². The predicted octanol–water partition coefficient (Wildman–Crippen LogP) is 3.28. The third kappa shape index (κ3) is 4.42. The molecule has 0 aliphatic rings. The Kier molecular flexibility index (Phi) is 4.63. The molecule has 0 atom stereocenters. The van der Waals surface area contributed by atoms with E-state index in [0.717, 1.165) is 29.3 Å². The van der Waals surface area contributed by atoms with Crippen molar-refractivity contribution < 1.29 is 4.74 Å². The second-order valence-electron chi connectivity index (χ2n) is 4.88. The molecule has 1 aromatic carbocycles. The van der Waals surface area contributed by atoms with Crippen LogP contribution in [-0.2, 0) is 6.42 Å². The summed E-state index contributed by atoms with van der Waals surface area (Å²) in [5.74, 6) is 0.803. The lowest BCUT2D eigenvalue weighted by molar-refractivity contribution is 0.414. The van der Waals surface area contributed by atoms with Crippen LogP contribution < -0.4 is 10.1 Å². The highest BCUT2D eigenvalue weighted by atomic mass is 35.5. The molecular weight excluding hydrogens is 222 g/mol. The average molecular weight is 242 g/mol. The van der Waals surface area contributed by atoms with E-state index >= 15 is 0 Å². The van der Waals surface area contributed by atoms with Gasteiger partial charge in [-0.2, -0.15) is 0 Å². The predicted molar refractivity (Wildman–Crippen MR) is 69.5 cm³/mol. The van der Waals surface area contributed by atoms with Crippen LogP contribution in [0.3, 0.4) is 0 Å². The highest BCUT2D eigenvalue weighted by Crippen LogP contribution is 2.22. The number of halogens is 1. The van der Waals surface area contributed by atoms with Gasteiger partial charge in [0.05, 0.1) is 7.11 Å². The monoisotopic (exact) mass is 241 g/mol. The van der Waals surface area contributed by atoms with E-state index in [1.807, 2.05) is 18.2 Å². The molecule has 3 heteroatoms. The molecule has 0 radical (unpaired) electrons. The van der Waals surface area contributed by atoms with Crippen LogP contribution in [0.25, 0.3) is 0 Å². The number of hydrogen-bond acceptors (Lipinski definition) is 2. The molecule has 0 aromatic heterocycles. The quantitative estimate of drug-likeness (QED) is 0.874. The van der Waals surface area contributed by atoms with Crippen molar-refractivity contribution in [2.24, 2.45) is 0 Å². The summed E-state index contributed by atoms with van der Waals surface area (Å²) in [6.45, 7) is 7.39. The topological polar surface area (TPSA) is 21.3 Å². The van der Waals surface area contributed by atoms with E-state index in [9.17, 15) is 0 Å². The number of ether oxygens (including phenoxy) is 1. The fourth-order valence-corrected chi connectivity index (χ4v) is 1.69. The highest BCUT2D eigenvalue weighted by Gasteiger charge is 2.08. The van der Waals surface area contributed by atoms with Crippen molar-refractivity contribution in [3.63, 3.8) is 0 Å². The number of rotatable bonds is 4. The summed E-state index contributed by atoms with van der Waals surface area (Å²) in [6, 6.07) is 5.82. The van der Waals surface area contributed by atoms with Crippen LogP contribution in [0.2, 0.25) is 5.02 Å². The Balaban J connectivity index is 2.55. The molecule has 0 unspecified atom stereocenters. The minimum Gasteiger partial charge on any atom is -0.497 e. The molecule has 0 heterocycles. The van der Waals surface area contributed by atoms with E-state index in [2.05, 4.69) is 26.1 Å². The third-order valence-corrected chi connectivity index (χ3v) is 2.66. The van der Waals surface area contributed by atoms with Gasteiger partial charge in [-0.1, -0.05) is 17.7 Å². The number of hydrogen-bond donors (Lipinski definition) is 1. The first-order valence-electron chi connectivity index (χ1n) is 5.50. The van der Waals surface area contributed by atoms with Crippen molar-refractivity contribution in [3.8, 4) is 5.75 Å². The molecule has 2 nitrogen and oxygen atoms in total. The zero-order valence-electron chi connectivity index (χ0n) is 10.4. The molecule has 0 aliphatic heterocycles. The number of benzene rings is 1. The lowest BCUT2D eigenvalue weighted by Crippen LogP contribution is -2.37. The highest BCUT2D eigenvalue weighted by molar-refractivity contribution is 6.31. The van der Waals surface area contributed by atoms with E-state index in [-0.39, 0.29) is 5.54 Å². The maximum Gasteiger partial charge on any atom is 0.120 e. The Morgan fingerprint density at radius 1 is 1.31 bits per heavy atom. The Morgan fingerprint density at radius 2 is 2.00 bits per heavy atom. The first kappa shape index (κ1) is 13.3. The molecule has 90 valence electrons. The largest absolute Gasteiger partial charge is 0.497 e. The Hall–Kier alpha value is -0.730. The third-order valence-electron chi connectivity index (χ3n) is 2.31. The lowest BCUT2D eigenvalue weighted by atomic mass is 10.1. The number of methoxy groups -OCH3 is 1. The van der Waals surface area contributed by atoms with E-state index in [0.29, 0.717) is 0 Å². The molecular formula is C13H20ClNO. The van der Waals surface area contributed by atoms with Crippen LogP contribution in [-0.4, -0.2) is 19.2 Å². The van der Waals surface area contributed by atoms with Gasteiger partial charge in [0.15, 0.2) is 0 Å². The summed E-state index contributed by atoms with van der Waals surface area (Å²) in [4.78, 5) is 0. The Morgan fingerprint density at radius 3 is 2.50 bits per heavy atom. The van der Waals surface area contributed by atoms with Crippen LogP contribution in [0.4, 0.5) is 0 Å². The van der Waals surface area contributed by atoms with Crippen molar-refractivity contribution >= 4 is 11.6 Å². The van der Waals surface area contributed by atoms with Gasteiger partial charge >= 0.3 is 0 Å². The molecule has 16 heavy (non-hydrogen) atoms. The fraction of sp³-hybridized carbons (Fsp3) is 0.538. The number of nitrogens with one attached hydrogen (secondary N) is 1. The normalized spacial score (nSPS) is 11.6. The maximum absolute atomic E-state index is 6.15. The van der Waals surface area contributed by atoms with Gasteiger partial charge in [-0.25, -0.2) is 0 Å². The van der Waals surface area contributed by atoms with Crippen LogP contribution in [0, 0.1) is 0 Å². The second-order valence-corrected chi connectivity index (χ2v) is 5.29. The zero-order chi connectivity index (χ0) is 12.2. The van der Waals surface area contributed by atoms with Gasteiger partial charge in [-0.15, -0.1) is 0 Å². The van der Waals surface area contributed by atoms with Crippen molar-refractivity contribution in [1.29, 1.82) is 0 Å². The second kappa shape index (κ2) is 5.55. The molecule has 0 spiro atoms. The van der Waals surface area contributed by atoms with Gasteiger partial charge in [0.25, 0.3) is 0 Å². The standard InChI is InChI=1S/C13H20ClNO/c1-13(2,3)15-8-7-10-5-6-11(16-4)9-12(10)14/h5-6,9,15H,7-8H2,1-4H3. The van der Waals surface area contributed by atoms with Crippen molar-refractivity contribution in [2.45, 2.75) is 32.7 Å². The van der Waals surface area contributed by atoms with Crippen molar-refractivity contribution in [1.82, 2.24) is 5.32 Å². The summed E-state index contributed by atoms with van der Waals surface area (Å²) in [5.41, 5.74) is 1.30. The van der Waals surface area contributed by atoms with Gasteiger partial charge in [0.1, 0.15) is 5.75 Å². The minimum atomic E-state index is 0.152. The van der Waals surface area contributed by atoms with Crippen LogP contribution in [0.1, 0.15) is 26.3 Å². The summed E-state index contributed by atoms with van der Waals surface area (Å²) >= 11 is 6.15. The van der Waals surface area contributed by atoms with E-state index in [4.69, 9.17) is 16.3 Å². The zero-order valence-corrected chi connectivity index (χ0v) is 11.2. The summed E-state index contributed by atoms with van der Waals surface area (Å²) in [5, 5.41) is 4.21. The van der Waals surface area contributed by atoms with E-state index < -0.39 is 0 Å². The van der Waals surface area contributed by atoms with Gasteiger partial charge in [0.2, 0.25) is 0 Å². The van der Waals surface area contributed by atoms with Crippen molar-refractivity contribution in [3.05, 3.63) is 28.8 Å². The summed E-state index contributed by atoms with van der Waals surface area (Å²) in [6.07, 6.45) is 0.931. The molecule has 0 saturated heterocycles. The average Bonchev–Trinajstić information content (AvgIpc) is 2.18. The molecule has 1 rings (SSSR count). The molecule has 0 amide bonds. The van der Waals surface area contributed by atoms with Gasteiger partial charge in [-0.3, -0.25) is 0 Å². The molecule has 0 bridgehead atoms. The Labute approximate surface area is 103 Å². The first-order chi connectivity index (χ1) is 7.42. The first-order valence-corrected chi connectivity index (χ1v) is 5.87. The molecule has 0 aliphatic carbocycles. The minimum absolute atomic E-state index is 0.152. The fourth-order valence-electron chi connectivity index (χ4n) is 1.43.